The highest BCUT2D eigenvalue weighted by Crippen LogP contribution is 2.35. The van der Waals surface area contributed by atoms with Crippen molar-refractivity contribution >= 4 is 29.6 Å². The summed E-state index contributed by atoms with van der Waals surface area (Å²) in [6.45, 7) is 0.0864. The molecule has 9 heteroatoms. The Hall–Kier alpha value is -2.91. The van der Waals surface area contributed by atoms with E-state index >= 15 is 0 Å². The zero-order chi connectivity index (χ0) is 24.7. The number of carboxylic acid groups (broad SMARTS) is 1. The van der Waals surface area contributed by atoms with Gasteiger partial charge in [0.05, 0.1) is 6.10 Å². The Morgan fingerprint density at radius 1 is 1.12 bits per heavy atom. The predicted octanol–water partition coefficient (Wildman–Crippen LogP) is 2.96. The van der Waals surface area contributed by atoms with E-state index in [0.717, 1.165) is 11.6 Å². The molecule has 0 aromatic heterocycles. The number of carbonyl (C=O) groups excluding carboxylic acids is 1. The molecule has 1 aliphatic carbocycles. The van der Waals surface area contributed by atoms with E-state index in [0.29, 0.717) is 23.4 Å². The number of aliphatic hydroxyl groups is 2. The van der Waals surface area contributed by atoms with Crippen LogP contribution in [0.5, 0.6) is 5.75 Å². The molecule has 0 unspecified atom stereocenters. The first-order chi connectivity index (χ1) is 16.2. The van der Waals surface area contributed by atoms with Crippen molar-refractivity contribution < 1.29 is 39.5 Å². The van der Waals surface area contributed by atoms with Crippen molar-refractivity contribution in [3.8, 4) is 5.75 Å². The van der Waals surface area contributed by atoms with E-state index in [9.17, 15) is 30.0 Å². The van der Waals surface area contributed by atoms with Gasteiger partial charge in [0.15, 0.2) is 5.60 Å². The van der Waals surface area contributed by atoms with E-state index in [2.05, 4.69) is 0 Å². The monoisotopic (exact) mass is 490 g/mol. The molecule has 4 N–H and O–H groups in total. The van der Waals surface area contributed by atoms with Crippen LogP contribution in [0.3, 0.4) is 0 Å². The van der Waals surface area contributed by atoms with E-state index in [1.165, 1.54) is 18.2 Å². The molecule has 0 aliphatic heterocycles. The average molecular weight is 491 g/mol. The Morgan fingerprint density at radius 2 is 1.85 bits per heavy atom. The maximum Gasteiger partial charge on any atom is 0.336 e. The number of carbonyl (C=O) groups is 2. The molecule has 4 atom stereocenters. The molecule has 0 spiro atoms. The second kappa shape index (κ2) is 11.5. The molecule has 3 rings (SSSR count). The topological polar surface area (TPSA) is 134 Å². The smallest absolute Gasteiger partial charge is 0.336 e. The minimum absolute atomic E-state index is 0.0802. The first-order valence-electron chi connectivity index (χ1n) is 10.8. The number of halogens is 1. The number of hydrogen-bond donors (Lipinski definition) is 4. The second-order valence-electron chi connectivity index (χ2n) is 8.25. The number of aliphatic hydroxyl groups excluding tert-OH is 2. The predicted molar refractivity (Wildman–Crippen MR) is 124 cm³/mol. The molecule has 182 valence electrons. The van der Waals surface area contributed by atoms with E-state index < -0.39 is 35.9 Å². The summed E-state index contributed by atoms with van der Waals surface area (Å²) in [5, 5.41) is 40.4. The maximum absolute atomic E-state index is 12.3. The summed E-state index contributed by atoms with van der Waals surface area (Å²) in [7, 11) is 0. The lowest BCUT2D eigenvalue weighted by molar-refractivity contribution is -0.207. The zero-order valence-corrected chi connectivity index (χ0v) is 19.1. The van der Waals surface area contributed by atoms with Crippen molar-refractivity contribution in [2.75, 3.05) is 6.61 Å². The number of aliphatic carboxylic acids is 1. The third-order valence-electron chi connectivity index (χ3n) is 5.68. The van der Waals surface area contributed by atoms with Crippen molar-refractivity contribution in [2.24, 2.45) is 0 Å². The van der Waals surface area contributed by atoms with Crippen molar-refractivity contribution in [2.45, 2.75) is 49.6 Å². The highest BCUT2D eigenvalue weighted by atomic mass is 35.5. The Balaban J connectivity index is 1.62. The summed E-state index contributed by atoms with van der Waals surface area (Å²) in [4.78, 5) is 24.4. The number of phenolic OH excluding ortho intramolecular Hbond substituents is 1. The number of ether oxygens (including phenoxy) is 2. The van der Waals surface area contributed by atoms with Crippen molar-refractivity contribution in [3.05, 3.63) is 70.8 Å². The maximum atomic E-state index is 12.3. The van der Waals surface area contributed by atoms with Crippen LogP contribution in [0.25, 0.3) is 6.08 Å². The molecule has 8 nitrogen and oxygen atoms in total. The average Bonchev–Trinajstić information content (AvgIpc) is 2.79. The van der Waals surface area contributed by atoms with Crippen LogP contribution in [-0.2, 0) is 25.5 Å². The molecule has 2 aromatic carbocycles. The molecule has 2 aromatic rings. The van der Waals surface area contributed by atoms with Crippen LogP contribution >= 0.6 is 11.6 Å². The number of esters is 1. The van der Waals surface area contributed by atoms with Crippen LogP contribution in [0.4, 0.5) is 0 Å². The molecule has 0 heterocycles. The minimum atomic E-state index is -1.81. The fourth-order valence-corrected chi connectivity index (χ4v) is 4.09. The molecule has 34 heavy (non-hydrogen) atoms. The molecule has 1 saturated carbocycles. The Morgan fingerprint density at radius 3 is 2.53 bits per heavy atom. The van der Waals surface area contributed by atoms with Crippen molar-refractivity contribution in [1.29, 1.82) is 0 Å². The molecule has 0 saturated heterocycles. The van der Waals surface area contributed by atoms with Crippen LogP contribution in [-0.4, -0.2) is 62.9 Å². The molecule has 0 amide bonds. The van der Waals surface area contributed by atoms with Crippen LogP contribution in [0.2, 0.25) is 5.02 Å². The summed E-state index contributed by atoms with van der Waals surface area (Å²) in [5.74, 6) is -2.04. The Kier molecular flexibility index (Phi) is 8.68. The van der Waals surface area contributed by atoms with Gasteiger partial charge in [0.2, 0.25) is 0 Å². The summed E-state index contributed by atoms with van der Waals surface area (Å²) >= 11 is 5.98. The summed E-state index contributed by atoms with van der Waals surface area (Å²) in [5.41, 5.74) is -0.202. The van der Waals surface area contributed by atoms with Gasteiger partial charge in [0, 0.05) is 30.5 Å². The highest BCUT2D eigenvalue weighted by Gasteiger charge is 2.52. The number of hydrogen-bond acceptors (Lipinski definition) is 7. The summed E-state index contributed by atoms with van der Waals surface area (Å²) < 4.78 is 11.0. The van der Waals surface area contributed by atoms with Crippen molar-refractivity contribution in [1.82, 2.24) is 0 Å². The molecule has 1 fully saturated rings. The quantitative estimate of drug-likeness (QED) is 0.239. The number of benzene rings is 2. The molecular formula is C25H27ClO8. The number of carboxylic acids is 1. The third-order valence-corrected chi connectivity index (χ3v) is 5.92. The van der Waals surface area contributed by atoms with E-state index in [-0.39, 0.29) is 25.2 Å². The van der Waals surface area contributed by atoms with Gasteiger partial charge in [-0.3, -0.25) is 0 Å². The highest BCUT2D eigenvalue weighted by molar-refractivity contribution is 6.30. The third kappa shape index (κ3) is 6.80. The zero-order valence-electron chi connectivity index (χ0n) is 18.3. The van der Waals surface area contributed by atoms with Gasteiger partial charge in [0.25, 0.3) is 0 Å². The van der Waals surface area contributed by atoms with Gasteiger partial charge in [0.1, 0.15) is 18.0 Å². The lowest BCUT2D eigenvalue weighted by Crippen LogP contribution is -2.58. The van der Waals surface area contributed by atoms with Gasteiger partial charge in [-0.2, -0.15) is 0 Å². The van der Waals surface area contributed by atoms with Crippen LogP contribution < -0.4 is 0 Å². The molecular weight excluding hydrogens is 464 g/mol. The normalized spacial score (nSPS) is 24.7. The second-order valence-corrected chi connectivity index (χ2v) is 8.68. The Bertz CT molecular complexity index is 1020. The van der Waals surface area contributed by atoms with E-state index in [4.69, 9.17) is 21.1 Å². The van der Waals surface area contributed by atoms with Crippen molar-refractivity contribution in [3.63, 3.8) is 0 Å². The summed E-state index contributed by atoms with van der Waals surface area (Å²) in [6.07, 6.45) is -1.13. The van der Waals surface area contributed by atoms with Gasteiger partial charge in [-0.1, -0.05) is 35.9 Å². The lowest BCUT2D eigenvalue weighted by Gasteiger charge is -2.41. The first-order valence-corrected chi connectivity index (χ1v) is 11.2. The van der Waals surface area contributed by atoms with Crippen LogP contribution in [0, 0.1) is 0 Å². The molecule has 0 radical (unpaired) electrons. The van der Waals surface area contributed by atoms with E-state index in [1.807, 2.05) is 18.2 Å². The fourth-order valence-electron chi connectivity index (χ4n) is 3.88. The molecule has 0 bridgehead atoms. The van der Waals surface area contributed by atoms with Gasteiger partial charge in [-0.15, -0.1) is 0 Å². The van der Waals surface area contributed by atoms with Crippen LogP contribution in [0.15, 0.2) is 54.6 Å². The van der Waals surface area contributed by atoms with Gasteiger partial charge in [-0.25, -0.2) is 9.59 Å². The van der Waals surface area contributed by atoms with E-state index in [1.54, 1.807) is 18.2 Å². The van der Waals surface area contributed by atoms with Crippen LogP contribution in [0.1, 0.15) is 30.4 Å². The standard InChI is InChI=1S/C25H27ClO8/c26-18-5-1-3-17(13-18)4-2-12-33-25(24(31)32)14-20(28)23(30)21(15-25)34-22(29)11-8-16-6-9-19(27)10-7-16/h1,3,5-11,13,20-21,23,27-28,30H,2,4,12,14-15H2,(H,31,32)/b11-8+/t20-,21+,23+,25-/m0/s1. The number of phenols is 1. The number of aromatic hydroxyl groups is 1. The number of rotatable bonds is 9. The van der Waals surface area contributed by atoms with Gasteiger partial charge < -0.3 is 29.9 Å². The van der Waals surface area contributed by atoms with Gasteiger partial charge in [-0.05, 0) is 54.3 Å². The minimum Gasteiger partial charge on any atom is -0.508 e. The lowest BCUT2D eigenvalue weighted by atomic mass is 9.79. The summed E-state index contributed by atoms with van der Waals surface area (Å²) in [6, 6.07) is 13.4. The fraction of sp³-hybridized carbons (Fsp3) is 0.360. The van der Waals surface area contributed by atoms with Gasteiger partial charge >= 0.3 is 11.9 Å². The number of aryl methyl sites for hydroxylation is 1. The largest absolute Gasteiger partial charge is 0.508 e. The first kappa shape index (κ1) is 25.7. The Labute approximate surface area is 202 Å². The SMILES string of the molecule is O=C(/C=C/c1ccc(O)cc1)O[C@@H]1C[C@](OCCCc2cccc(Cl)c2)(C(=O)O)C[C@H](O)[C@H]1O. The molecule has 1 aliphatic rings.